The van der Waals surface area contributed by atoms with E-state index in [9.17, 15) is 10.0 Å². The number of aromatic amines is 1. The van der Waals surface area contributed by atoms with Crippen LogP contribution in [0, 0.1) is 6.92 Å². The average molecular weight is 596 g/mol. The lowest BCUT2D eigenvalue weighted by Gasteiger charge is -2.35. The number of aromatic nitrogens is 6. The van der Waals surface area contributed by atoms with Crippen LogP contribution in [-0.2, 0) is 30.5 Å². The number of tetrazole rings is 1. The molecule has 2 aromatic carbocycles. The van der Waals surface area contributed by atoms with Gasteiger partial charge in [-0.25, -0.2) is 4.98 Å². The Hall–Kier alpha value is -3.99. The Kier molecular flexibility index (Phi) is 7.40. The van der Waals surface area contributed by atoms with Crippen molar-refractivity contribution in [3.63, 3.8) is 0 Å². The van der Waals surface area contributed by atoms with E-state index in [0.29, 0.717) is 18.8 Å². The van der Waals surface area contributed by atoms with E-state index in [4.69, 9.17) is 4.98 Å². The summed E-state index contributed by atoms with van der Waals surface area (Å²) in [5.41, 5.74) is 5.76. The summed E-state index contributed by atoms with van der Waals surface area (Å²) >= 11 is 1.67. The van der Waals surface area contributed by atoms with Gasteiger partial charge in [0.15, 0.2) is 0 Å². The zero-order valence-corrected chi connectivity index (χ0v) is 26.3. The molecule has 4 heterocycles. The first-order valence-electron chi connectivity index (χ1n) is 14.7. The maximum Gasteiger partial charge on any atom is 0.257 e. The molecular formula is C33H37N7O2S. The molecule has 0 aliphatic carbocycles. The quantitative estimate of drug-likeness (QED) is 0.219. The van der Waals surface area contributed by atoms with Gasteiger partial charge in [0.1, 0.15) is 5.82 Å². The summed E-state index contributed by atoms with van der Waals surface area (Å²) in [6.45, 7) is 12.6. The molecular weight excluding hydrogens is 558 g/mol. The van der Waals surface area contributed by atoms with Gasteiger partial charge in [0.2, 0.25) is 5.82 Å². The van der Waals surface area contributed by atoms with Crippen LogP contribution in [0.3, 0.4) is 0 Å². The van der Waals surface area contributed by atoms with Gasteiger partial charge in [-0.15, -0.1) is 21.5 Å². The highest BCUT2D eigenvalue weighted by Crippen LogP contribution is 2.51. The second-order valence-electron chi connectivity index (χ2n) is 12.3. The minimum Gasteiger partial charge on any atom is -0.312 e. The molecule has 0 unspecified atom stereocenters. The van der Waals surface area contributed by atoms with Gasteiger partial charge >= 0.3 is 0 Å². The van der Waals surface area contributed by atoms with Crippen molar-refractivity contribution in [2.45, 2.75) is 78.4 Å². The normalized spacial score (nSPS) is 15.6. The molecule has 0 saturated heterocycles. The topological polar surface area (TPSA) is 113 Å². The van der Waals surface area contributed by atoms with Crippen molar-refractivity contribution >= 4 is 11.3 Å². The van der Waals surface area contributed by atoms with Crippen molar-refractivity contribution in [3.8, 4) is 22.5 Å². The molecule has 0 atom stereocenters. The third-order valence-electron chi connectivity index (χ3n) is 8.56. The van der Waals surface area contributed by atoms with Gasteiger partial charge in [-0.2, -0.15) is 10.3 Å². The van der Waals surface area contributed by atoms with E-state index in [-0.39, 0.29) is 5.56 Å². The predicted molar refractivity (Wildman–Crippen MR) is 168 cm³/mol. The van der Waals surface area contributed by atoms with Crippen LogP contribution >= 0.6 is 11.3 Å². The SMILES string of the molecule is CCCc1nc(C)n(Cc2cc3c(s2)C(C)(C)N(O)C3(C)C)c(=O)c1Cc1ccc(-c2ccccc2-c2nn[nH]n2)cc1. The monoisotopic (exact) mass is 595 g/mol. The van der Waals surface area contributed by atoms with Crippen LogP contribution in [0.15, 0.2) is 59.4 Å². The number of nitrogens with one attached hydrogen (secondary N) is 1. The van der Waals surface area contributed by atoms with E-state index in [1.165, 1.54) is 5.06 Å². The number of hydrogen-bond donors (Lipinski definition) is 2. The van der Waals surface area contributed by atoms with E-state index in [2.05, 4.69) is 57.9 Å². The summed E-state index contributed by atoms with van der Waals surface area (Å²) in [4.78, 5) is 21.3. The highest BCUT2D eigenvalue weighted by atomic mass is 32.1. The predicted octanol–water partition coefficient (Wildman–Crippen LogP) is 6.23. The Morgan fingerprint density at radius 1 is 1.00 bits per heavy atom. The van der Waals surface area contributed by atoms with E-state index >= 15 is 0 Å². The lowest BCUT2D eigenvalue weighted by molar-refractivity contribution is -0.215. The standard InChI is InChI=1S/C33H37N7O2S/c1-7-10-28-26(17-21-13-15-22(16-14-21)24-11-8-9-12-25(24)30-35-37-38-36-30)31(41)39(20(2)34-28)19-23-18-27-29(43-23)33(5,6)40(42)32(27,3)4/h8-9,11-16,18,42H,7,10,17,19H2,1-6H3,(H,35,36,37,38). The summed E-state index contributed by atoms with van der Waals surface area (Å²) in [6, 6.07) is 18.4. The van der Waals surface area contributed by atoms with Crippen molar-refractivity contribution in [2.75, 3.05) is 0 Å². The molecule has 6 rings (SSSR count). The molecule has 2 N–H and O–H groups in total. The zero-order valence-electron chi connectivity index (χ0n) is 25.5. The van der Waals surface area contributed by atoms with Gasteiger partial charge in [-0.05, 0) is 74.6 Å². The Balaban J connectivity index is 1.32. The first-order chi connectivity index (χ1) is 20.5. The number of aryl methyl sites for hydroxylation is 2. The van der Waals surface area contributed by atoms with Gasteiger partial charge in [0, 0.05) is 27.3 Å². The second-order valence-corrected chi connectivity index (χ2v) is 13.4. The number of rotatable bonds is 8. The average Bonchev–Trinajstić information content (AvgIpc) is 3.71. The van der Waals surface area contributed by atoms with Crippen LogP contribution in [0.4, 0.5) is 0 Å². The van der Waals surface area contributed by atoms with Crippen molar-refractivity contribution in [1.82, 2.24) is 35.2 Å². The molecule has 1 aliphatic rings. The van der Waals surface area contributed by atoms with Crippen molar-refractivity contribution in [3.05, 3.63) is 103 Å². The Morgan fingerprint density at radius 3 is 2.37 bits per heavy atom. The fourth-order valence-corrected chi connectivity index (χ4v) is 7.66. The molecule has 0 saturated carbocycles. The molecule has 0 amide bonds. The number of fused-ring (bicyclic) bond motifs is 1. The van der Waals surface area contributed by atoms with Gasteiger partial charge in [-0.3, -0.25) is 9.36 Å². The largest absolute Gasteiger partial charge is 0.312 e. The zero-order chi connectivity index (χ0) is 30.5. The highest BCUT2D eigenvalue weighted by Gasteiger charge is 2.50. The smallest absolute Gasteiger partial charge is 0.257 e. The Bertz CT molecular complexity index is 1800. The lowest BCUT2D eigenvalue weighted by atomic mass is 9.96. The van der Waals surface area contributed by atoms with Crippen molar-refractivity contribution in [1.29, 1.82) is 0 Å². The second kappa shape index (κ2) is 10.9. The van der Waals surface area contributed by atoms with Crippen molar-refractivity contribution in [2.24, 2.45) is 0 Å². The fourth-order valence-electron chi connectivity index (χ4n) is 6.27. The van der Waals surface area contributed by atoms with Gasteiger partial charge < -0.3 is 5.21 Å². The fraction of sp³-hybridized carbons (Fsp3) is 0.364. The van der Waals surface area contributed by atoms with Gasteiger partial charge in [0.05, 0.1) is 23.3 Å². The Morgan fingerprint density at radius 2 is 1.72 bits per heavy atom. The number of H-pyrrole nitrogens is 1. The van der Waals surface area contributed by atoms with Crippen LogP contribution in [0.1, 0.15) is 79.0 Å². The summed E-state index contributed by atoms with van der Waals surface area (Å²) in [5.74, 6) is 1.27. The number of thiophene rings is 1. The molecule has 222 valence electrons. The minimum atomic E-state index is -0.500. The Labute approximate surface area is 255 Å². The highest BCUT2D eigenvalue weighted by molar-refractivity contribution is 7.12. The minimum absolute atomic E-state index is 0.0124. The number of hydrogen-bond acceptors (Lipinski definition) is 8. The molecule has 9 nitrogen and oxygen atoms in total. The number of nitrogens with zero attached hydrogens (tertiary/aromatic N) is 6. The molecule has 3 aromatic heterocycles. The van der Waals surface area contributed by atoms with Crippen molar-refractivity contribution < 1.29 is 5.21 Å². The van der Waals surface area contributed by atoms with E-state index in [1.807, 2.05) is 63.5 Å². The lowest BCUT2D eigenvalue weighted by Crippen LogP contribution is -2.42. The molecule has 0 spiro atoms. The van der Waals surface area contributed by atoms with E-state index in [0.717, 1.165) is 67.5 Å². The van der Waals surface area contributed by atoms with E-state index < -0.39 is 11.1 Å². The maximum absolute atomic E-state index is 14.1. The van der Waals surface area contributed by atoms with Crippen LogP contribution < -0.4 is 5.56 Å². The maximum atomic E-state index is 14.1. The van der Waals surface area contributed by atoms with Crippen LogP contribution in [0.25, 0.3) is 22.5 Å². The summed E-state index contributed by atoms with van der Waals surface area (Å²) in [6.07, 6.45) is 2.17. The summed E-state index contributed by atoms with van der Waals surface area (Å²) < 4.78 is 1.81. The molecule has 5 aromatic rings. The van der Waals surface area contributed by atoms with Gasteiger partial charge in [-0.1, -0.05) is 61.9 Å². The molecule has 0 bridgehead atoms. The summed E-state index contributed by atoms with van der Waals surface area (Å²) in [7, 11) is 0. The van der Waals surface area contributed by atoms with Gasteiger partial charge in [0.25, 0.3) is 5.56 Å². The third-order valence-corrected chi connectivity index (χ3v) is 9.99. The van der Waals surface area contributed by atoms with Crippen LogP contribution in [0.2, 0.25) is 0 Å². The molecule has 1 aliphatic heterocycles. The number of hydroxylamine groups is 2. The van der Waals surface area contributed by atoms with Crippen LogP contribution in [-0.4, -0.2) is 40.4 Å². The third kappa shape index (κ3) is 5.03. The molecule has 0 fully saturated rings. The first kappa shape index (κ1) is 29.1. The van der Waals surface area contributed by atoms with Crippen LogP contribution in [0.5, 0.6) is 0 Å². The molecule has 0 radical (unpaired) electrons. The molecule has 10 heteroatoms. The summed E-state index contributed by atoms with van der Waals surface area (Å²) in [5, 5.41) is 26.8. The van der Waals surface area contributed by atoms with E-state index in [1.54, 1.807) is 11.3 Å². The number of benzene rings is 2. The first-order valence-corrected chi connectivity index (χ1v) is 15.5. The molecule has 43 heavy (non-hydrogen) atoms.